The first-order valence-electron chi connectivity index (χ1n) is 8.45. The van der Waals surface area contributed by atoms with Gasteiger partial charge in [-0.3, -0.25) is 4.99 Å². The lowest BCUT2D eigenvalue weighted by Crippen LogP contribution is -2.38. The highest BCUT2D eigenvalue weighted by molar-refractivity contribution is 14.0. The van der Waals surface area contributed by atoms with Crippen molar-refractivity contribution in [2.45, 2.75) is 13.1 Å². The molecule has 7 nitrogen and oxygen atoms in total. The standard InChI is InChI=1S/C19H27ClN4O3.HI/c1-21-19(24(3)12-15-9-14(20)11-23(15)2)22-10-13-7-8-16(25-4)18(27-6)17(13)26-5;/h7-9,11H,10,12H2,1-6H3,(H,21,22);1H. The van der Waals surface area contributed by atoms with Gasteiger partial charge in [0.15, 0.2) is 17.5 Å². The quantitative estimate of drug-likeness (QED) is 0.343. The Hall–Kier alpha value is -1.81. The summed E-state index contributed by atoms with van der Waals surface area (Å²) in [6, 6.07) is 5.75. The van der Waals surface area contributed by atoms with E-state index in [1.54, 1.807) is 28.4 Å². The summed E-state index contributed by atoms with van der Waals surface area (Å²) in [5, 5.41) is 4.07. The van der Waals surface area contributed by atoms with E-state index >= 15 is 0 Å². The van der Waals surface area contributed by atoms with Crippen LogP contribution < -0.4 is 19.5 Å². The topological polar surface area (TPSA) is 60.3 Å². The van der Waals surface area contributed by atoms with Crippen molar-refractivity contribution in [3.8, 4) is 17.2 Å². The summed E-state index contributed by atoms with van der Waals surface area (Å²) < 4.78 is 18.3. The van der Waals surface area contributed by atoms with Crippen molar-refractivity contribution >= 4 is 41.5 Å². The van der Waals surface area contributed by atoms with Gasteiger partial charge >= 0.3 is 0 Å². The summed E-state index contributed by atoms with van der Waals surface area (Å²) in [6.07, 6.45) is 1.88. The van der Waals surface area contributed by atoms with Crippen LogP contribution in [0, 0.1) is 0 Å². The smallest absolute Gasteiger partial charge is 0.203 e. The summed E-state index contributed by atoms with van der Waals surface area (Å²) in [5.74, 6) is 2.59. The van der Waals surface area contributed by atoms with Crippen molar-refractivity contribution in [3.05, 3.63) is 40.7 Å². The van der Waals surface area contributed by atoms with Crippen LogP contribution in [0.3, 0.4) is 0 Å². The van der Waals surface area contributed by atoms with Crippen LogP contribution in [0.1, 0.15) is 11.3 Å². The first kappa shape index (κ1) is 24.2. The third-order valence-corrected chi connectivity index (χ3v) is 4.48. The zero-order valence-corrected chi connectivity index (χ0v) is 20.2. The zero-order chi connectivity index (χ0) is 20.0. The molecule has 2 aromatic rings. The molecule has 0 aliphatic rings. The normalized spacial score (nSPS) is 10.9. The number of benzene rings is 1. The number of methoxy groups -OCH3 is 3. The van der Waals surface area contributed by atoms with Crippen molar-refractivity contribution in [2.24, 2.45) is 12.0 Å². The fraction of sp³-hybridized carbons (Fsp3) is 0.421. The molecule has 156 valence electrons. The number of aryl methyl sites for hydroxylation is 1. The fourth-order valence-corrected chi connectivity index (χ4v) is 3.17. The number of nitrogens with one attached hydrogen (secondary N) is 1. The van der Waals surface area contributed by atoms with Gasteiger partial charge in [-0.2, -0.15) is 0 Å². The van der Waals surface area contributed by atoms with E-state index in [1.165, 1.54) is 0 Å². The Labute approximate surface area is 188 Å². The van der Waals surface area contributed by atoms with E-state index in [1.807, 2.05) is 48.0 Å². The predicted molar refractivity (Wildman–Crippen MR) is 124 cm³/mol. The van der Waals surface area contributed by atoms with Crippen LogP contribution in [0.25, 0.3) is 0 Å². The summed E-state index contributed by atoms with van der Waals surface area (Å²) >= 11 is 6.07. The van der Waals surface area contributed by atoms with Crippen LogP contribution in [0.15, 0.2) is 29.4 Å². The van der Waals surface area contributed by atoms with E-state index < -0.39 is 0 Å². The van der Waals surface area contributed by atoms with Crippen molar-refractivity contribution in [1.82, 2.24) is 14.8 Å². The molecule has 0 spiro atoms. The van der Waals surface area contributed by atoms with Crippen LogP contribution in [0.4, 0.5) is 0 Å². The third-order valence-electron chi connectivity index (χ3n) is 4.27. The largest absolute Gasteiger partial charge is 0.493 e. The Morgan fingerprint density at radius 3 is 2.36 bits per heavy atom. The van der Waals surface area contributed by atoms with Gasteiger partial charge in [0.1, 0.15) is 0 Å². The van der Waals surface area contributed by atoms with Crippen molar-refractivity contribution in [2.75, 3.05) is 35.4 Å². The number of halogens is 2. The molecule has 0 saturated heterocycles. The number of hydrogen-bond acceptors (Lipinski definition) is 4. The monoisotopic (exact) mass is 522 g/mol. The lowest BCUT2D eigenvalue weighted by Gasteiger charge is -2.23. The molecular formula is C19H28ClIN4O3. The fourth-order valence-electron chi connectivity index (χ4n) is 2.90. The Balaban J connectivity index is 0.00000392. The molecule has 0 amide bonds. The molecule has 0 saturated carbocycles. The minimum atomic E-state index is 0. The highest BCUT2D eigenvalue weighted by Crippen LogP contribution is 2.39. The summed E-state index contributed by atoms with van der Waals surface area (Å²) in [7, 11) is 10.5. The molecular weight excluding hydrogens is 495 g/mol. The molecule has 1 aromatic heterocycles. The Bertz CT molecular complexity index is 811. The molecule has 1 aromatic carbocycles. The van der Waals surface area contributed by atoms with Crippen LogP contribution in [0.2, 0.25) is 5.02 Å². The van der Waals surface area contributed by atoms with Gasteiger partial charge < -0.3 is 29.0 Å². The maximum Gasteiger partial charge on any atom is 0.203 e. The number of aromatic nitrogens is 1. The molecule has 0 atom stereocenters. The van der Waals surface area contributed by atoms with E-state index in [4.69, 9.17) is 25.8 Å². The highest BCUT2D eigenvalue weighted by Gasteiger charge is 2.17. The molecule has 0 unspecified atom stereocenters. The number of rotatable bonds is 7. The van der Waals surface area contributed by atoms with Crippen LogP contribution in [0.5, 0.6) is 17.2 Å². The lowest BCUT2D eigenvalue weighted by atomic mass is 10.1. The second-order valence-corrected chi connectivity index (χ2v) is 6.45. The first-order valence-corrected chi connectivity index (χ1v) is 8.83. The minimum Gasteiger partial charge on any atom is -0.493 e. The number of ether oxygens (including phenoxy) is 3. The van der Waals surface area contributed by atoms with Crippen molar-refractivity contribution < 1.29 is 14.2 Å². The van der Waals surface area contributed by atoms with Crippen LogP contribution in [-0.2, 0) is 20.1 Å². The summed E-state index contributed by atoms with van der Waals surface area (Å²) in [6.45, 7) is 1.19. The molecule has 0 bridgehead atoms. The summed E-state index contributed by atoms with van der Waals surface area (Å²) in [4.78, 5) is 6.39. The third kappa shape index (κ3) is 5.60. The number of hydrogen-bond donors (Lipinski definition) is 1. The van der Waals surface area contributed by atoms with Gasteiger partial charge in [0, 0.05) is 45.1 Å². The maximum absolute atomic E-state index is 6.07. The SMILES string of the molecule is CN=C(NCc1ccc(OC)c(OC)c1OC)N(C)Cc1cc(Cl)cn1C.I. The average molecular weight is 523 g/mol. The second kappa shape index (κ2) is 11.3. The Morgan fingerprint density at radius 2 is 1.86 bits per heavy atom. The first-order chi connectivity index (χ1) is 12.9. The molecule has 2 rings (SSSR count). The molecule has 0 fully saturated rings. The van der Waals surface area contributed by atoms with Crippen LogP contribution in [-0.4, -0.2) is 50.9 Å². The lowest BCUT2D eigenvalue weighted by molar-refractivity contribution is 0.322. The van der Waals surface area contributed by atoms with Gasteiger partial charge in [0.2, 0.25) is 5.75 Å². The van der Waals surface area contributed by atoms with Gasteiger partial charge in [0.05, 0.1) is 32.9 Å². The number of nitrogens with zero attached hydrogens (tertiary/aromatic N) is 3. The number of aliphatic imine (C=N–C) groups is 1. The van der Waals surface area contributed by atoms with Gasteiger partial charge in [-0.25, -0.2) is 0 Å². The van der Waals surface area contributed by atoms with E-state index in [-0.39, 0.29) is 24.0 Å². The van der Waals surface area contributed by atoms with Crippen molar-refractivity contribution in [1.29, 1.82) is 0 Å². The van der Waals surface area contributed by atoms with E-state index in [0.29, 0.717) is 30.3 Å². The van der Waals surface area contributed by atoms with Gasteiger partial charge in [-0.05, 0) is 18.2 Å². The van der Waals surface area contributed by atoms with Crippen LogP contribution >= 0.6 is 35.6 Å². The molecule has 9 heteroatoms. The van der Waals surface area contributed by atoms with E-state index in [2.05, 4.69) is 10.3 Å². The van der Waals surface area contributed by atoms with Gasteiger partial charge in [0.25, 0.3) is 0 Å². The highest BCUT2D eigenvalue weighted by atomic mass is 127. The van der Waals surface area contributed by atoms with Gasteiger partial charge in [-0.15, -0.1) is 24.0 Å². The summed E-state index contributed by atoms with van der Waals surface area (Å²) in [5.41, 5.74) is 2.03. The van der Waals surface area contributed by atoms with Crippen molar-refractivity contribution in [3.63, 3.8) is 0 Å². The molecule has 28 heavy (non-hydrogen) atoms. The molecule has 1 heterocycles. The molecule has 1 N–H and O–H groups in total. The predicted octanol–water partition coefficient (Wildman–Crippen LogP) is 3.53. The van der Waals surface area contributed by atoms with E-state index in [0.717, 1.165) is 22.2 Å². The molecule has 0 aliphatic carbocycles. The van der Waals surface area contributed by atoms with E-state index in [9.17, 15) is 0 Å². The zero-order valence-electron chi connectivity index (χ0n) is 17.1. The second-order valence-electron chi connectivity index (χ2n) is 6.01. The molecule has 0 radical (unpaired) electrons. The average Bonchev–Trinajstić information content (AvgIpc) is 2.98. The maximum atomic E-state index is 6.07. The minimum absolute atomic E-state index is 0. The Morgan fingerprint density at radius 1 is 1.18 bits per heavy atom. The number of guanidine groups is 1. The molecule has 0 aliphatic heterocycles. The Kier molecular flexibility index (Phi) is 9.74. The van der Waals surface area contributed by atoms with Gasteiger partial charge in [-0.1, -0.05) is 11.6 Å².